The normalized spacial score (nSPS) is 11.7. The number of hydrogen-bond acceptors (Lipinski definition) is 4. The van der Waals surface area contributed by atoms with Crippen LogP contribution in [0.5, 0.6) is 0 Å². The molecule has 0 aromatic heterocycles. The van der Waals surface area contributed by atoms with E-state index >= 15 is 0 Å². The number of hydrogen-bond donors (Lipinski definition) is 0. The van der Waals surface area contributed by atoms with Crippen molar-refractivity contribution in [3.63, 3.8) is 0 Å². The van der Waals surface area contributed by atoms with Crippen LogP contribution in [0.15, 0.2) is 35.2 Å². The fraction of sp³-hybridized carbons (Fsp3) is 0.167. The third-order valence-electron chi connectivity index (χ3n) is 2.70. The summed E-state index contributed by atoms with van der Waals surface area (Å²) in [7, 11) is 0.948. The maximum absolute atomic E-state index is 12.9. The first kappa shape index (κ1) is 13.3. The Morgan fingerprint density at radius 3 is 2.50 bits per heavy atom. The monoisotopic (exact) mass is 283 g/mol. The Hall–Kier alpha value is -1.16. The van der Waals surface area contributed by atoms with Crippen molar-refractivity contribution in [1.29, 1.82) is 0 Å². The summed E-state index contributed by atoms with van der Waals surface area (Å²) in [6.45, 7) is 0. The van der Waals surface area contributed by atoms with Crippen LogP contribution in [0.25, 0.3) is 10.8 Å². The molecular weight excluding hydrogens is 272 g/mol. The van der Waals surface area contributed by atoms with E-state index in [0.717, 1.165) is 5.39 Å². The standard InChI is InChI=1S/C12H11FNO2PS/c1-14(2)12-9-4-3-5-10(17(15)16)8(9)6-7-11(12)18-13/h3-7H,1-2H3. The first-order chi connectivity index (χ1) is 8.56. The second-order valence-electron chi connectivity index (χ2n) is 4.01. The Balaban J connectivity index is 2.86. The van der Waals surface area contributed by atoms with Crippen molar-refractivity contribution in [3.8, 4) is 0 Å². The molecule has 0 heterocycles. The molecule has 2 aromatic carbocycles. The fourth-order valence-corrected chi connectivity index (χ4v) is 3.07. The molecule has 0 aliphatic carbocycles. The lowest BCUT2D eigenvalue weighted by atomic mass is 10.1. The van der Waals surface area contributed by atoms with Gasteiger partial charge in [0, 0.05) is 24.9 Å². The van der Waals surface area contributed by atoms with E-state index in [-0.39, 0.29) is 17.5 Å². The Morgan fingerprint density at radius 2 is 1.94 bits per heavy atom. The van der Waals surface area contributed by atoms with Gasteiger partial charge in [0.25, 0.3) is 0 Å². The molecule has 0 radical (unpaired) electrons. The van der Waals surface area contributed by atoms with Crippen LogP contribution >= 0.6 is 20.2 Å². The van der Waals surface area contributed by atoms with Gasteiger partial charge in [-0.25, -0.2) is 0 Å². The van der Waals surface area contributed by atoms with Crippen LogP contribution < -0.4 is 15.1 Å². The van der Waals surface area contributed by atoms with Crippen molar-refractivity contribution < 1.29 is 13.3 Å². The van der Waals surface area contributed by atoms with Crippen molar-refractivity contribution in [3.05, 3.63) is 30.3 Å². The summed E-state index contributed by atoms with van der Waals surface area (Å²) in [4.78, 5) is 13.5. The third-order valence-corrected chi connectivity index (χ3v) is 3.98. The van der Waals surface area contributed by atoms with E-state index in [4.69, 9.17) is 0 Å². The quantitative estimate of drug-likeness (QED) is 0.812. The minimum Gasteiger partial charge on any atom is -0.591 e. The number of rotatable bonds is 3. The highest BCUT2D eigenvalue weighted by atomic mass is 32.2. The molecule has 0 saturated carbocycles. The minimum atomic E-state index is -2.66. The molecule has 0 spiro atoms. The van der Waals surface area contributed by atoms with Gasteiger partial charge in [-0.3, -0.25) is 0 Å². The molecule has 0 saturated heterocycles. The molecule has 0 aliphatic rings. The molecule has 1 unspecified atom stereocenters. The lowest BCUT2D eigenvalue weighted by molar-refractivity contribution is -0.160. The van der Waals surface area contributed by atoms with Gasteiger partial charge in [-0.05, 0) is 18.2 Å². The van der Waals surface area contributed by atoms with Crippen LogP contribution in [0.3, 0.4) is 0 Å². The van der Waals surface area contributed by atoms with Crippen LogP contribution in [0.2, 0.25) is 0 Å². The molecule has 0 bridgehead atoms. The largest absolute Gasteiger partial charge is 0.591 e. The number of anilines is 1. The van der Waals surface area contributed by atoms with Gasteiger partial charge in [0.15, 0.2) is 5.30 Å². The Labute approximate surface area is 110 Å². The van der Waals surface area contributed by atoms with E-state index < -0.39 is 8.03 Å². The van der Waals surface area contributed by atoms with E-state index in [9.17, 15) is 13.3 Å². The number of nitrogens with zero attached hydrogens (tertiary/aromatic N) is 1. The Morgan fingerprint density at radius 1 is 1.22 bits per heavy atom. The van der Waals surface area contributed by atoms with Gasteiger partial charge in [-0.15, -0.1) is 0 Å². The van der Waals surface area contributed by atoms with Crippen LogP contribution in [-0.4, -0.2) is 14.1 Å². The summed E-state index contributed by atoms with van der Waals surface area (Å²) in [5.74, 6) is 0. The van der Waals surface area contributed by atoms with Gasteiger partial charge in [-0.2, -0.15) is 3.89 Å². The maximum atomic E-state index is 12.9. The van der Waals surface area contributed by atoms with Gasteiger partial charge in [0.05, 0.1) is 22.7 Å². The summed E-state index contributed by atoms with van der Waals surface area (Å²) in [5.41, 5.74) is 0.693. The highest BCUT2D eigenvalue weighted by molar-refractivity contribution is 7.94. The zero-order valence-corrected chi connectivity index (χ0v) is 11.6. The van der Waals surface area contributed by atoms with Gasteiger partial charge in [-0.1, -0.05) is 16.7 Å². The molecule has 2 rings (SSSR count). The topological polar surface area (TPSA) is 43.4 Å². The second kappa shape index (κ2) is 5.22. The summed E-state index contributed by atoms with van der Waals surface area (Å²) < 4.78 is 24.1. The number of fused-ring (bicyclic) bond motifs is 1. The van der Waals surface area contributed by atoms with Crippen LogP contribution in [0, 0.1) is 0 Å². The average molecular weight is 283 g/mol. The van der Waals surface area contributed by atoms with Crippen LogP contribution in [-0.2, 0) is 4.57 Å². The molecule has 94 valence electrons. The molecule has 0 aliphatic heterocycles. The zero-order chi connectivity index (χ0) is 13.3. The highest BCUT2D eigenvalue weighted by Crippen LogP contribution is 2.37. The van der Waals surface area contributed by atoms with Crippen molar-refractivity contribution in [1.82, 2.24) is 0 Å². The van der Waals surface area contributed by atoms with Crippen LogP contribution in [0.4, 0.5) is 9.57 Å². The van der Waals surface area contributed by atoms with Crippen molar-refractivity contribution >= 4 is 41.9 Å². The van der Waals surface area contributed by atoms with Gasteiger partial charge in [0.1, 0.15) is 0 Å². The number of halogens is 1. The Bertz CT molecular complexity index is 618. The highest BCUT2D eigenvalue weighted by Gasteiger charge is 2.17. The SMILES string of the molecule is CN(C)c1c(SF)ccc2c([P+](=O)[O-])cccc12. The smallest absolute Gasteiger partial charge is 0.349 e. The molecule has 6 heteroatoms. The third kappa shape index (κ3) is 2.21. The molecule has 2 aromatic rings. The lowest BCUT2D eigenvalue weighted by Gasteiger charge is -2.18. The molecule has 0 N–H and O–H groups in total. The molecule has 18 heavy (non-hydrogen) atoms. The van der Waals surface area contributed by atoms with E-state index in [0.29, 0.717) is 16.0 Å². The predicted molar refractivity (Wildman–Crippen MR) is 72.5 cm³/mol. The van der Waals surface area contributed by atoms with Gasteiger partial charge in [0.2, 0.25) is 0 Å². The maximum Gasteiger partial charge on any atom is 0.349 e. The van der Waals surface area contributed by atoms with Crippen LogP contribution in [0.1, 0.15) is 0 Å². The predicted octanol–water partition coefficient (Wildman–Crippen LogP) is 2.61. The minimum absolute atomic E-state index is 0.160. The summed E-state index contributed by atoms with van der Waals surface area (Å²) >= 11 is 0.160. The van der Waals surface area contributed by atoms with E-state index in [1.54, 1.807) is 49.3 Å². The second-order valence-corrected chi connectivity index (χ2v) is 5.60. The van der Waals surface area contributed by atoms with Gasteiger partial charge < -0.3 is 9.79 Å². The van der Waals surface area contributed by atoms with Gasteiger partial charge >= 0.3 is 8.03 Å². The number of benzene rings is 2. The fourth-order valence-electron chi connectivity index (χ4n) is 1.99. The van der Waals surface area contributed by atoms with E-state index in [2.05, 4.69) is 0 Å². The van der Waals surface area contributed by atoms with E-state index in [1.807, 2.05) is 0 Å². The summed E-state index contributed by atoms with van der Waals surface area (Å²) in [6, 6.07) is 8.26. The van der Waals surface area contributed by atoms with Crippen molar-refractivity contribution in [2.45, 2.75) is 4.90 Å². The van der Waals surface area contributed by atoms with Crippen molar-refractivity contribution in [2.24, 2.45) is 0 Å². The molecule has 1 atom stereocenters. The van der Waals surface area contributed by atoms with E-state index in [1.165, 1.54) is 0 Å². The molecule has 0 amide bonds. The first-order valence-corrected chi connectivity index (χ1v) is 7.11. The first-order valence-electron chi connectivity index (χ1n) is 5.22. The lowest BCUT2D eigenvalue weighted by Crippen LogP contribution is -2.12. The zero-order valence-electron chi connectivity index (χ0n) is 9.88. The van der Waals surface area contributed by atoms with Crippen molar-refractivity contribution in [2.75, 3.05) is 19.0 Å². The average Bonchev–Trinajstić information content (AvgIpc) is 2.35. The molecular formula is C12H11FNO2PS. The Kier molecular flexibility index (Phi) is 3.85. The summed E-state index contributed by atoms with van der Waals surface area (Å²) in [6.07, 6.45) is 0. The molecule has 0 fully saturated rings. The molecule has 3 nitrogen and oxygen atoms in total. The summed E-state index contributed by atoms with van der Waals surface area (Å²) in [5, 5.41) is 1.62.